The van der Waals surface area contributed by atoms with Crippen LogP contribution in [0.2, 0.25) is 0 Å². The number of fused-ring (bicyclic) bond motifs is 1. The second kappa shape index (κ2) is 3.80. The second-order valence-corrected chi connectivity index (χ2v) is 3.48. The molecule has 0 fully saturated rings. The lowest BCUT2D eigenvalue weighted by Gasteiger charge is -2.00. The van der Waals surface area contributed by atoms with Gasteiger partial charge in [0.25, 0.3) is 0 Å². The average Bonchev–Trinajstić information content (AvgIpc) is 2.57. The quantitative estimate of drug-likeness (QED) is 0.797. The minimum absolute atomic E-state index is 0.892. The van der Waals surface area contributed by atoms with Gasteiger partial charge in [0.05, 0.1) is 11.7 Å². The van der Waals surface area contributed by atoms with Gasteiger partial charge in [-0.1, -0.05) is 6.92 Å². The number of aryl methyl sites for hydroxylation is 1. The lowest BCUT2D eigenvalue weighted by Crippen LogP contribution is -2.11. The summed E-state index contributed by atoms with van der Waals surface area (Å²) in [7, 11) is 0. The Hall–Kier alpha value is -1.35. The van der Waals surface area contributed by atoms with Crippen LogP contribution < -0.4 is 5.32 Å². The van der Waals surface area contributed by atoms with E-state index in [1.807, 2.05) is 16.9 Å². The molecule has 0 aromatic carbocycles. The molecule has 2 heterocycles. The first-order chi connectivity index (χ1) is 6.81. The third-order valence-corrected chi connectivity index (χ3v) is 2.32. The maximum absolute atomic E-state index is 4.29. The number of nitrogens with one attached hydrogen (secondary N) is 1. The Bertz CT molecular complexity index is 431. The Morgan fingerprint density at radius 1 is 1.50 bits per heavy atom. The van der Waals surface area contributed by atoms with Gasteiger partial charge in [-0.15, -0.1) is 0 Å². The molecule has 0 bridgehead atoms. The van der Waals surface area contributed by atoms with Crippen LogP contribution in [0.5, 0.6) is 0 Å². The van der Waals surface area contributed by atoms with Crippen molar-refractivity contribution in [3.05, 3.63) is 35.7 Å². The summed E-state index contributed by atoms with van der Waals surface area (Å²) in [6, 6.07) is 4.23. The fraction of sp³-hybridized carbons (Fsp3) is 0.364. The zero-order valence-corrected chi connectivity index (χ0v) is 8.62. The third kappa shape index (κ3) is 1.63. The first-order valence-corrected chi connectivity index (χ1v) is 4.95. The maximum Gasteiger partial charge on any atom is 0.0709 e. The van der Waals surface area contributed by atoms with Crippen LogP contribution in [0.4, 0.5) is 0 Å². The summed E-state index contributed by atoms with van der Waals surface area (Å²) in [4.78, 5) is 0. The third-order valence-electron chi connectivity index (χ3n) is 2.32. The fourth-order valence-electron chi connectivity index (χ4n) is 1.53. The van der Waals surface area contributed by atoms with Gasteiger partial charge in [0.15, 0.2) is 0 Å². The topological polar surface area (TPSA) is 29.3 Å². The summed E-state index contributed by atoms with van der Waals surface area (Å²) in [6.07, 6.45) is 3.93. The van der Waals surface area contributed by atoms with Gasteiger partial charge >= 0.3 is 0 Å². The summed E-state index contributed by atoms with van der Waals surface area (Å²) in [5.74, 6) is 0. The van der Waals surface area contributed by atoms with E-state index in [-0.39, 0.29) is 0 Å². The zero-order chi connectivity index (χ0) is 9.97. The van der Waals surface area contributed by atoms with E-state index >= 15 is 0 Å². The smallest absolute Gasteiger partial charge is 0.0709 e. The van der Waals surface area contributed by atoms with Gasteiger partial charge in [-0.25, -0.2) is 4.52 Å². The fourth-order valence-corrected chi connectivity index (χ4v) is 1.53. The normalized spacial score (nSPS) is 11.0. The molecule has 0 aliphatic rings. The number of pyridine rings is 1. The molecular formula is C11H15N3. The molecular weight excluding hydrogens is 174 g/mol. The lowest BCUT2D eigenvalue weighted by atomic mass is 10.2. The summed E-state index contributed by atoms with van der Waals surface area (Å²) in [6.45, 7) is 6.09. The second-order valence-electron chi connectivity index (χ2n) is 3.48. The molecule has 74 valence electrons. The van der Waals surface area contributed by atoms with E-state index in [0.29, 0.717) is 0 Å². The number of hydrogen-bond acceptors (Lipinski definition) is 2. The molecule has 2 aromatic rings. The predicted molar refractivity (Wildman–Crippen MR) is 57.3 cm³/mol. The molecule has 3 nitrogen and oxygen atoms in total. The van der Waals surface area contributed by atoms with Crippen LogP contribution in [0.3, 0.4) is 0 Å². The standard InChI is InChI=1S/C11H15N3/c1-3-12-7-10-8-13-14-5-4-9(2)6-11(10)14/h4-6,8,12H,3,7H2,1-2H3. The number of hydrogen-bond donors (Lipinski definition) is 1. The first kappa shape index (κ1) is 9.21. The van der Waals surface area contributed by atoms with Gasteiger partial charge in [0.1, 0.15) is 0 Å². The van der Waals surface area contributed by atoms with Crippen LogP contribution in [0.25, 0.3) is 5.52 Å². The molecule has 2 rings (SSSR count). The Morgan fingerprint density at radius 3 is 3.14 bits per heavy atom. The Balaban J connectivity index is 2.40. The molecule has 1 N–H and O–H groups in total. The zero-order valence-electron chi connectivity index (χ0n) is 8.62. The molecule has 0 atom stereocenters. The van der Waals surface area contributed by atoms with Crippen molar-refractivity contribution in [1.29, 1.82) is 0 Å². The lowest BCUT2D eigenvalue weighted by molar-refractivity contribution is 0.730. The molecule has 0 saturated heterocycles. The van der Waals surface area contributed by atoms with Gasteiger partial charge in [0, 0.05) is 18.3 Å². The summed E-state index contributed by atoms with van der Waals surface area (Å²) in [5.41, 5.74) is 3.73. The number of rotatable bonds is 3. The average molecular weight is 189 g/mol. The molecule has 0 amide bonds. The van der Waals surface area contributed by atoms with E-state index in [1.54, 1.807) is 0 Å². The van der Waals surface area contributed by atoms with Crippen molar-refractivity contribution in [3.8, 4) is 0 Å². The van der Waals surface area contributed by atoms with Crippen molar-refractivity contribution in [3.63, 3.8) is 0 Å². The van der Waals surface area contributed by atoms with Crippen molar-refractivity contribution in [2.24, 2.45) is 0 Å². The monoisotopic (exact) mass is 189 g/mol. The van der Waals surface area contributed by atoms with Crippen molar-refractivity contribution in [2.75, 3.05) is 6.54 Å². The SMILES string of the molecule is CCNCc1cnn2ccc(C)cc12. The van der Waals surface area contributed by atoms with E-state index in [2.05, 4.69) is 36.4 Å². The molecule has 0 radical (unpaired) electrons. The highest BCUT2D eigenvalue weighted by Gasteiger charge is 2.02. The van der Waals surface area contributed by atoms with Gasteiger partial charge in [-0.05, 0) is 31.2 Å². The van der Waals surface area contributed by atoms with Crippen LogP contribution in [-0.2, 0) is 6.54 Å². The molecule has 2 aromatic heterocycles. The Kier molecular flexibility index (Phi) is 2.50. The molecule has 0 aliphatic heterocycles. The highest BCUT2D eigenvalue weighted by molar-refractivity contribution is 5.54. The van der Waals surface area contributed by atoms with Crippen molar-refractivity contribution in [1.82, 2.24) is 14.9 Å². The van der Waals surface area contributed by atoms with Crippen LogP contribution in [-0.4, -0.2) is 16.2 Å². The largest absolute Gasteiger partial charge is 0.313 e. The van der Waals surface area contributed by atoms with E-state index in [1.165, 1.54) is 16.6 Å². The van der Waals surface area contributed by atoms with E-state index in [4.69, 9.17) is 0 Å². The summed E-state index contributed by atoms with van der Waals surface area (Å²) < 4.78 is 1.92. The van der Waals surface area contributed by atoms with Gasteiger partial charge in [-0.2, -0.15) is 5.10 Å². The van der Waals surface area contributed by atoms with Crippen LogP contribution in [0.1, 0.15) is 18.1 Å². The van der Waals surface area contributed by atoms with E-state index < -0.39 is 0 Å². The molecule has 3 heteroatoms. The number of aromatic nitrogens is 2. The Labute approximate surface area is 83.7 Å². The van der Waals surface area contributed by atoms with Crippen molar-refractivity contribution >= 4 is 5.52 Å². The molecule has 0 saturated carbocycles. The summed E-state index contributed by atoms with van der Waals surface area (Å²) >= 11 is 0. The highest BCUT2D eigenvalue weighted by atomic mass is 15.2. The number of nitrogens with zero attached hydrogens (tertiary/aromatic N) is 2. The minimum atomic E-state index is 0.892. The van der Waals surface area contributed by atoms with E-state index in [0.717, 1.165) is 13.1 Å². The first-order valence-electron chi connectivity index (χ1n) is 4.95. The van der Waals surface area contributed by atoms with Crippen LogP contribution in [0, 0.1) is 6.92 Å². The van der Waals surface area contributed by atoms with Crippen molar-refractivity contribution < 1.29 is 0 Å². The highest BCUT2D eigenvalue weighted by Crippen LogP contribution is 2.11. The molecule has 14 heavy (non-hydrogen) atoms. The van der Waals surface area contributed by atoms with Crippen LogP contribution >= 0.6 is 0 Å². The predicted octanol–water partition coefficient (Wildman–Crippen LogP) is 1.75. The Morgan fingerprint density at radius 2 is 2.36 bits per heavy atom. The van der Waals surface area contributed by atoms with Gasteiger partial charge < -0.3 is 5.32 Å². The molecule has 0 aliphatic carbocycles. The van der Waals surface area contributed by atoms with Crippen LogP contribution in [0.15, 0.2) is 24.5 Å². The van der Waals surface area contributed by atoms with Gasteiger partial charge in [-0.3, -0.25) is 0 Å². The maximum atomic E-state index is 4.29. The van der Waals surface area contributed by atoms with Crippen molar-refractivity contribution in [2.45, 2.75) is 20.4 Å². The minimum Gasteiger partial charge on any atom is -0.313 e. The summed E-state index contributed by atoms with van der Waals surface area (Å²) in [5, 5.41) is 7.60. The molecule has 0 unspecified atom stereocenters. The molecule has 0 spiro atoms. The van der Waals surface area contributed by atoms with Gasteiger partial charge in [0.2, 0.25) is 0 Å². The van der Waals surface area contributed by atoms with E-state index in [9.17, 15) is 0 Å².